The molecule has 1 atom stereocenters. The number of hydrogen-bond donors (Lipinski definition) is 5. The van der Waals surface area contributed by atoms with Gasteiger partial charge in [0, 0.05) is 70.1 Å². The summed E-state index contributed by atoms with van der Waals surface area (Å²) in [5.41, 5.74) is 15.7. The lowest BCUT2D eigenvalue weighted by Crippen LogP contribution is -2.55. The maximum atomic E-state index is 7.90. The zero-order chi connectivity index (χ0) is 26.1. The largest absolute Gasteiger partial charge is 0.404 e. The quantitative estimate of drug-likeness (QED) is 0.209. The molecule has 0 saturated carbocycles. The number of methoxy groups -OCH3 is 2. The number of ether oxygens (including phenoxy) is 2. The van der Waals surface area contributed by atoms with Crippen molar-refractivity contribution in [2.24, 2.45) is 17.4 Å². The summed E-state index contributed by atoms with van der Waals surface area (Å²) in [6.07, 6.45) is 8.55. The Kier molecular flexibility index (Phi) is 9.80. The molecule has 1 saturated heterocycles. The summed E-state index contributed by atoms with van der Waals surface area (Å²) in [6, 6.07) is 5.61. The minimum atomic E-state index is 0.0277. The van der Waals surface area contributed by atoms with Crippen molar-refractivity contribution in [3.63, 3.8) is 0 Å². The van der Waals surface area contributed by atoms with Crippen molar-refractivity contribution in [3.05, 3.63) is 59.8 Å². The zero-order valence-corrected chi connectivity index (χ0v) is 21.5. The summed E-state index contributed by atoms with van der Waals surface area (Å²) in [7, 11) is 3.45. The third-order valence-corrected chi connectivity index (χ3v) is 6.14. The number of likely N-dealkylation sites (tertiary alicyclic amines) is 1. The molecule has 10 nitrogen and oxygen atoms in total. The fraction of sp³-hybridized carbons (Fsp3) is 0.423. The third-order valence-electron chi connectivity index (χ3n) is 6.14. The normalized spacial score (nSPS) is 16.8. The smallest absolute Gasteiger partial charge is 0.132 e. The number of nitrogens with zero attached hydrogens (tertiary/aromatic N) is 3. The van der Waals surface area contributed by atoms with Gasteiger partial charge in [-0.3, -0.25) is 9.88 Å². The Labute approximate surface area is 212 Å². The predicted octanol–water partition coefficient (Wildman–Crippen LogP) is 2.27. The average Bonchev–Trinajstić information content (AvgIpc) is 2.85. The van der Waals surface area contributed by atoms with Gasteiger partial charge in [-0.05, 0) is 42.0 Å². The molecule has 3 rings (SSSR count). The zero-order valence-electron chi connectivity index (χ0n) is 21.5. The number of hydrogen-bond acceptors (Lipinski definition) is 10. The van der Waals surface area contributed by atoms with Crippen LogP contribution >= 0.6 is 0 Å². The summed E-state index contributed by atoms with van der Waals surface area (Å²) in [6.45, 7) is 7.39. The van der Waals surface area contributed by atoms with E-state index in [0.29, 0.717) is 35.4 Å². The lowest BCUT2D eigenvalue weighted by molar-refractivity contribution is -0.0513. The van der Waals surface area contributed by atoms with Crippen LogP contribution < -0.4 is 22.1 Å². The van der Waals surface area contributed by atoms with E-state index in [2.05, 4.69) is 25.5 Å². The SMILES string of the molecule is COC(CN/C=C(\C=N)c1cnc2ccc(N/C(N)=C/C(=C\N)C(C)C)nc2c1)CN1CC(OC)C1. The van der Waals surface area contributed by atoms with Gasteiger partial charge in [-0.15, -0.1) is 0 Å². The maximum Gasteiger partial charge on any atom is 0.132 e. The van der Waals surface area contributed by atoms with E-state index in [4.69, 9.17) is 26.4 Å². The minimum absolute atomic E-state index is 0.0277. The van der Waals surface area contributed by atoms with Crippen LogP contribution in [0.3, 0.4) is 0 Å². The number of aromatic nitrogens is 2. The molecular formula is C26H38N8O2. The molecule has 1 unspecified atom stereocenters. The number of rotatable bonds is 13. The van der Waals surface area contributed by atoms with Gasteiger partial charge in [-0.25, -0.2) is 4.98 Å². The first-order valence-corrected chi connectivity index (χ1v) is 12.0. The molecule has 1 fully saturated rings. The topological polar surface area (TPSA) is 147 Å². The van der Waals surface area contributed by atoms with Crippen molar-refractivity contribution in [2.45, 2.75) is 26.1 Å². The summed E-state index contributed by atoms with van der Waals surface area (Å²) >= 11 is 0. The first-order valence-electron chi connectivity index (χ1n) is 12.0. The number of allylic oxidation sites excluding steroid dienone is 3. The molecule has 0 amide bonds. The van der Waals surface area contributed by atoms with E-state index in [1.165, 1.54) is 6.21 Å². The van der Waals surface area contributed by atoms with Gasteiger partial charge in [0.25, 0.3) is 0 Å². The van der Waals surface area contributed by atoms with E-state index in [1.807, 2.05) is 38.2 Å². The van der Waals surface area contributed by atoms with Crippen molar-refractivity contribution < 1.29 is 9.47 Å². The lowest BCUT2D eigenvalue weighted by atomic mass is 10.0. The Hall–Kier alpha value is -3.47. The molecule has 194 valence electrons. The van der Waals surface area contributed by atoms with Crippen LogP contribution in [0.2, 0.25) is 0 Å². The van der Waals surface area contributed by atoms with Crippen molar-refractivity contribution in [3.8, 4) is 0 Å². The van der Waals surface area contributed by atoms with Crippen LogP contribution in [-0.4, -0.2) is 73.7 Å². The standard InChI is InChI=1S/C26H38N8O2/c1-17(2)18(9-27)8-25(29)33-26-6-5-23-24(32-26)7-19(12-31-23)20(10-28)11-30-13-21(35-3)14-34-15-22(16-34)36-4/h5-12,17,21-22,28,30H,13-16,27,29H2,1-4H3,(H,32,33)/b18-9+,20-11+,25-8+,28-10?. The van der Waals surface area contributed by atoms with Gasteiger partial charge >= 0.3 is 0 Å². The molecule has 0 bridgehead atoms. The summed E-state index contributed by atoms with van der Waals surface area (Å²) in [5.74, 6) is 1.30. The van der Waals surface area contributed by atoms with E-state index >= 15 is 0 Å². The van der Waals surface area contributed by atoms with E-state index < -0.39 is 0 Å². The summed E-state index contributed by atoms with van der Waals surface area (Å²) in [5, 5.41) is 14.3. The second-order valence-corrected chi connectivity index (χ2v) is 9.09. The van der Waals surface area contributed by atoms with Crippen molar-refractivity contribution in [1.29, 1.82) is 5.41 Å². The highest BCUT2D eigenvalue weighted by Gasteiger charge is 2.28. The van der Waals surface area contributed by atoms with Crippen molar-refractivity contribution >= 4 is 28.6 Å². The second kappa shape index (κ2) is 13.0. The van der Waals surface area contributed by atoms with Gasteiger partial charge in [0.1, 0.15) is 11.6 Å². The van der Waals surface area contributed by atoms with Gasteiger partial charge in [-0.1, -0.05) is 13.8 Å². The molecule has 10 heteroatoms. The molecule has 36 heavy (non-hydrogen) atoms. The molecule has 2 aromatic rings. The maximum absolute atomic E-state index is 7.90. The monoisotopic (exact) mass is 494 g/mol. The van der Waals surface area contributed by atoms with E-state index in [1.54, 1.807) is 32.7 Å². The Balaban J connectivity index is 1.68. The second-order valence-electron chi connectivity index (χ2n) is 9.09. The van der Waals surface area contributed by atoms with Gasteiger partial charge in [-0.2, -0.15) is 0 Å². The van der Waals surface area contributed by atoms with Crippen LogP contribution in [-0.2, 0) is 9.47 Å². The number of nitrogens with one attached hydrogen (secondary N) is 3. The lowest BCUT2D eigenvalue weighted by Gasteiger charge is -2.39. The predicted molar refractivity (Wildman–Crippen MR) is 145 cm³/mol. The van der Waals surface area contributed by atoms with E-state index in [9.17, 15) is 0 Å². The van der Waals surface area contributed by atoms with Gasteiger partial charge < -0.3 is 37.0 Å². The summed E-state index contributed by atoms with van der Waals surface area (Å²) in [4.78, 5) is 11.5. The Bertz CT molecular complexity index is 1120. The van der Waals surface area contributed by atoms with Gasteiger partial charge in [0.15, 0.2) is 0 Å². The van der Waals surface area contributed by atoms with E-state index in [-0.39, 0.29) is 12.0 Å². The fourth-order valence-electron chi connectivity index (χ4n) is 3.84. The van der Waals surface area contributed by atoms with Crippen LogP contribution in [0.4, 0.5) is 5.82 Å². The van der Waals surface area contributed by atoms with Crippen molar-refractivity contribution in [2.75, 3.05) is 45.7 Å². The first-order chi connectivity index (χ1) is 17.4. The molecule has 7 N–H and O–H groups in total. The molecule has 3 heterocycles. The summed E-state index contributed by atoms with van der Waals surface area (Å²) < 4.78 is 10.9. The number of pyridine rings is 2. The first kappa shape index (κ1) is 27.1. The highest BCUT2D eigenvalue weighted by molar-refractivity contribution is 6.08. The highest BCUT2D eigenvalue weighted by atomic mass is 16.5. The van der Waals surface area contributed by atoms with Crippen LogP contribution in [0.15, 0.2) is 54.3 Å². The van der Waals surface area contributed by atoms with Crippen LogP contribution in [0.1, 0.15) is 19.4 Å². The molecule has 2 aromatic heterocycles. The molecular weight excluding hydrogens is 456 g/mol. The van der Waals surface area contributed by atoms with Gasteiger partial charge in [0.2, 0.25) is 0 Å². The van der Waals surface area contributed by atoms with E-state index in [0.717, 1.165) is 36.3 Å². The molecule has 0 aromatic carbocycles. The number of anilines is 1. The minimum Gasteiger partial charge on any atom is -0.404 e. The number of nitrogens with two attached hydrogens (primary N) is 2. The highest BCUT2D eigenvalue weighted by Crippen LogP contribution is 2.20. The molecule has 0 aliphatic carbocycles. The Morgan fingerprint density at radius 1 is 1.28 bits per heavy atom. The molecule has 0 radical (unpaired) electrons. The fourth-order valence-corrected chi connectivity index (χ4v) is 3.84. The Morgan fingerprint density at radius 2 is 2.06 bits per heavy atom. The van der Waals surface area contributed by atoms with Crippen LogP contribution in [0.5, 0.6) is 0 Å². The molecule has 1 aliphatic heterocycles. The van der Waals surface area contributed by atoms with Crippen LogP contribution in [0.25, 0.3) is 16.6 Å². The van der Waals surface area contributed by atoms with Crippen LogP contribution in [0, 0.1) is 11.3 Å². The Morgan fingerprint density at radius 3 is 2.69 bits per heavy atom. The third kappa shape index (κ3) is 7.27. The molecule has 0 spiro atoms. The van der Waals surface area contributed by atoms with Crippen molar-refractivity contribution in [1.82, 2.24) is 20.2 Å². The number of fused-ring (bicyclic) bond motifs is 1. The molecule has 1 aliphatic rings. The average molecular weight is 495 g/mol. The van der Waals surface area contributed by atoms with Gasteiger partial charge in [0.05, 0.1) is 23.2 Å².